The van der Waals surface area contributed by atoms with Crippen LogP contribution in [-0.4, -0.2) is 51.2 Å². The van der Waals surface area contributed by atoms with Crippen molar-refractivity contribution >= 4 is 11.9 Å². The number of carboxylic acids is 1. The van der Waals surface area contributed by atoms with Gasteiger partial charge in [0, 0.05) is 12.7 Å². The van der Waals surface area contributed by atoms with Crippen molar-refractivity contribution in [2.75, 3.05) is 13.2 Å². The molecule has 1 atom stereocenters. The molecule has 35 heavy (non-hydrogen) atoms. The van der Waals surface area contributed by atoms with E-state index in [1.54, 1.807) is 18.2 Å². The summed E-state index contributed by atoms with van der Waals surface area (Å²) in [4.78, 5) is 21.1. The molecule has 0 spiro atoms. The van der Waals surface area contributed by atoms with Crippen LogP contribution in [0.25, 0.3) is 0 Å². The quantitative estimate of drug-likeness (QED) is 0.488. The maximum Gasteiger partial charge on any atom is 0.490 e. The number of hydrogen-bond donors (Lipinski definition) is 3. The van der Waals surface area contributed by atoms with Crippen LogP contribution in [0.2, 0.25) is 0 Å². The van der Waals surface area contributed by atoms with Crippen LogP contribution in [0.3, 0.4) is 0 Å². The number of nitrogens with zero attached hydrogens (tertiary/aromatic N) is 2. The third kappa shape index (κ3) is 7.85. The summed E-state index contributed by atoms with van der Waals surface area (Å²) in [5.74, 6) is -2.70. The molecule has 3 aromatic rings. The van der Waals surface area contributed by atoms with Crippen molar-refractivity contribution in [3.63, 3.8) is 0 Å². The Morgan fingerprint density at radius 2 is 1.80 bits per heavy atom. The number of rotatable bonds is 6. The van der Waals surface area contributed by atoms with E-state index in [1.807, 2.05) is 28.9 Å². The molecule has 0 aliphatic carbocycles. The Balaban J connectivity index is 0.000000429. The van der Waals surface area contributed by atoms with Crippen LogP contribution in [-0.2, 0) is 33.7 Å². The molecular weight excluding hydrogens is 467 g/mol. The molecule has 1 amide bonds. The molecule has 0 fully saturated rings. The number of benzene rings is 2. The van der Waals surface area contributed by atoms with Crippen molar-refractivity contribution in [2.45, 2.75) is 31.7 Å². The van der Waals surface area contributed by atoms with Crippen LogP contribution in [0, 0.1) is 0 Å². The van der Waals surface area contributed by atoms with Gasteiger partial charge in [0.1, 0.15) is 11.9 Å². The second-order valence-corrected chi connectivity index (χ2v) is 7.79. The molecule has 1 unspecified atom stereocenters. The predicted octanol–water partition coefficient (Wildman–Crippen LogP) is 3.24. The normalized spacial score (nSPS) is 14.9. The summed E-state index contributed by atoms with van der Waals surface area (Å²) >= 11 is 0. The van der Waals surface area contributed by atoms with E-state index in [0.717, 1.165) is 17.7 Å². The summed E-state index contributed by atoms with van der Waals surface area (Å²) in [6.45, 7) is 1.72. The molecule has 1 aliphatic heterocycles. The fourth-order valence-corrected chi connectivity index (χ4v) is 3.46. The smallest absolute Gasteiger partial charge is 0.490 e. The van der Waals surface area contributed by atoms with Crippen molar-refractivity contribution in [3.05, 3.63) is 83.2 Å². The van der Waals surface area contributed by atoms with Gasteiger partial charge in [0.2, 0.25) is 5.91 Å². The maximum atomic E-state index is 12.3. The van der Waals surface area contributed by atoms with E-state index >= 15 is 0 Å². The van der Waals surface area contributed by atoms with Gasteiger partial charge in [0.05, 0.1) is 25.3 Å². The van der Waals surface area contributed by atoms with Gasteiger partial charge in [-0.25, -0.2) is 4.79 Å². The first kappa shape index (κ1) is 25.8. The highest BCUT2D eigenvalue weighted by atomic mass is 19.4. The molecule has 186 valence electrons. The second-order valence-electron chi connectivity index (χ2n) is 7.79. The summed E-state index contributed by atoms with van der Waals surface area (Å²) in [5, 5.41) is 24.3. The highest BCUT2D eigenvalue weighted by Crippen LogP contribution is 2.25. The van der Waals surface area contributed by atoms with Gasteiger partial charge in [-0.2, -0.15) is 18.3 Å². The van der Waals surface area contributed by atoms with E-state index in [-0.39, 0.29) is 24.2 Å². The molecule has 8 nitrogen and oxygen atoms in total. The number of aliphatic carboxylic acids is 1. The maximum absolute atomic E-state index is 12.3. The van der Waals surface area contributed by atoms with E-state index in [9.17, 15) is 23.1 Å². The number of amides is 1. The first-order valence-electron chi connectivity index (χ1n) is 10.7. The zero-order chi connectivity index (χ0) is 25.4. The minimum Gasteiger partial charge on any atom is -0.508 e. The van der Waals surface area contributed by atoms with E-state index in [0.29, 0.717) is 19.7 Å². The highest BCUT2D eigenvalue weighted by molar-refractivity contribution is 5.78. The Kier molecular flexibility index (Phi) is 8.48. The fourth-order valence-electron chi connectivity index (χ4n) is 3.46. The Bertz CT molecular complexity index is 1150. The minimum atomic E-state index is -5.08. The molecule has 3 N–H and O–H groups in total. The first-order valence-corrected chi connectivity index (χ1v) is 10.7. The number of carboxylic acid groups (broad SMARTS) is 1. The zero-order valence-corrected chi connectivity index (χ0v) is 18.5. The van der Waals surface area contributed by atoms with E-state index in [4.69, 9.17) is 19.7 Å². The molecule has 11 heteroatoms. The van der Waals surface area contributed by atoms with Crippen LogP contribution < -0.4 is 5.32 Å². The number of aromatic hydroxyl groups is 1. The molecule has 0 saturated carbocycles. The average molecular weight is 491 g/mol. The lowest BCUT2D eigenvalue weighted by atomic mass is 10.1. The number of aromatic nitrogens is 2. The number of fused-ring (bicyclic) bond motifs is 1. The largest absolute Gasteiger partial charge is 0.508 e. The second kappa shape index (κ2) is 11.5. The number of alkyl halides is 3. The van der Waals surface area contributed by atoms with Gasteiger partial charge in [0.15, 0.2) is 0 Å². The number of ether oxygens (including phenoxy) is 1. The Morgan fingerprint density at radius 1 is 1.11 bits per heavy atom. The lowest BCUT2D eigenvalue weighted by molar-refractivity contribution is -0.192. The molecule has 2 aromatic carbocycles. The molecule has 2 heterocycles. The molecular formula is C24H24F3N3O5. The Labute approximate surface area is 199 Å². The summed E-state index contributed by atoms with van der Waals surface area (Å²) in [5.41, 5.74) is 4.04. The molecule has 0 saturated heterocycles. The number of phenols is 1. The Morgan fingerprint density at radius 3 is 2.46 bits per heavy atom. The third-order valence-electron chi connectivity index (χ3n) is 5.06. The van der Waals surface area contributed by atoms with Gasteiger partial charge in [0.25, 0.3) is 0 Å². The lowest BCUT2D eigenvalue weighted by Gasteiger charge is -2.22. The zero-order valence-electron chi connectivity index (χ0n) is 18.5. The van der Waals surface area contributed by atoms with Gasteiger partial charge in [-0.05, 0) is 35.2 Å². The van der Waals surface area contributed by atoms with E-state index in [1.165, 1.54) is 11.1 Å². The average Bonchev–Trinajstić information content (AvgIpc) is 3.21. The molecule has 1 aromatic heterocycles. The van der Waals surface area contributed by atoms with Gasteiger partial charge in [-0.3, -0.25) is 9.48 Å². The number of halogens is 3. The van der Waals surface area contributed by atoms with Crippen LogP contribution in [0.4, 0.5) is 13.2 Å². The monoisotopic (exact) mass is 491 g/mol. The molecule has 0 bridgehead atoms. The standard InChI is InChI=1S/C22H23N3O3.C2HF3O2/c26-19-8-4-7-17(11-19)12-21(27)23-13-20-22-18(9-10-28-20)15-25(24-22)14-16-5-2-1-3-6-16;3-2(4,5)1(6)7/h1-8,11,15,20,26H,9-10,12-14H2,(H,23,27);(H,6,7). The van der Waals surface area contributed by atoms with Crippen LogP contribution >= 0.6 is 0 Å². The van der Waals surface area contributed by atoms with Gasteiger partial charge in [-0.1, -0.05) is 42.5 Å². The topological polar surface area (TPSA) is 114 Å². The van der Waals surface area contributed by atoms with Gasteiger partial charge in [-0.15, -0.1) is 0 Å². The van der Waals surface area contributed by atoms with Gasteiger partial charge < -0.3 is 20.3 Å². The molecule has 0 radical (unpaired) electrons. The van der Waals surface area contributed by atoms with Gasteiger partial charge >= 0.3 is 12.1 Å². The summed E-state index contributed by atoms with van der Waals surface area (Å²) < 4.78 is 39.5. The lowest BCUT2D eigenvalue weighted by Crippen LogP contribution is -2.32. The van der Waals surface area contributed by atoms with Crippen molar-refractivity contribution in [3.8, 4) is 5.75 Å². The SMILES string of the molecule is O=C(Cc1cccc(O)c1)NCC1OCCc2cn(Cc3ccccc3)nc21.O=C(O)C(F)(F)F. The van der Waals surface area contributed by atoms with Crippen molar-refractivity contribution in [1.82, 2.24) is 15.1 Å². The molecule has 1 aliphatic rings. The fraction of sp³-hybridized carbons (Fsp3) is 0.292. The Hall–Kier alpha value is -3.86. The summed E-state index contributed by atoms with van der Waals surface area (Å²) in [6, 6.07) is 16.9. The number of carbonyl (C=O) groups excluding carboxylic acids is 1. The van der Waals surface area contributed by atoms with Crippen LogP contribution in [0.5, 0.6) is 5.75 Å². The summed E-state index contributed by atoms with van der Waals surface area (Å²) in [6.07, 6.45) is -2.20. The van der Waals surface area contributed by atoms with Crippen molar-refractivity contribution in [2.24, 2.45) is 0 Å². The van der Waals surface area contributed by atoms with Crippen molar-refractivity contribution < 1.29 is 37.7 Å². The molecule has 4 rings (SSSR count). The number of carbonyl (C=O) groups is 2. The predicted molar refractivity (Wildman–Crippen MR) is 119 cm³/mol. The first-order chi connectivity index (χ1) is 16.6. The number of nitrogens with one attached hydrogen (secondary N) is 1. The van der Waals surface area contributed by atoms with E-state index < -0.39 is 12.1 Å². The number of phenolic OH excluding ortho intramolecular Hbond substituents is 1. The van der Waals surface area contributed by atoms with Crippen LogP contribution in [0.15, 0.2) is 60.8 Å². The van der Waals surface area contributed by atoms with Crippen molar-refractivity contribution in [1.29, 1.82) is 0 Å². The number of hydrogen-bond acceptors (Lipinski definition) is 5. The summed E-state index contributed by atoms with van der Waals surface area (Å²) in [7, 11) is 0. The minimum absolute atomic E-state index is 0.106. The third-order valence-corrected chi connectivity index (χ3v) is 5.06. The highest BCUT2D eigenvalue weighted by Gasteiger charge is 2.38. The van der Waals surface area contributed by atoms with E-state index in [2.05, 4.69) is 23.6 Å². The van der Waals surface area contributed by atoms with Crippen LogP contribution in [0.1, 0.15) is 28.5 Å².